The Morgan fingerprint density at radius 2 is 1.44 bits per heavy atom. The van der Waals surface area contributed by atoms with Gasteiger partial charge in [-0.25, -0.2) is 24.6 Å². The molecule has 2 N–H and O–H groups in total. The Balaban J connectivity index is 0.000000145. The van der Waals surface area contributed by atoms with E-state index in [4.69, 9.17) is 12.0 Å². The highest BCUT2D eigenvalue weighted by Crippen LogP contribution is 2.38. The third kappa shape index (κ3) is 8.47. The molecule has 2 aliphatic rings. The van der Waals surface area contributed by atoms with E-state index in [1.54, 1.807) is 52.3 Å². The quantitative estimate of drug-likeness (QED) is 0.0631. The molecular weight excluding hydrogens is 693 g/mol. The first-order chi connectivity index (χ1) is 25.5. The van der Waals surface area contributed by atoms with Crippen molar-refractivity contribution in [1.82, 2.24) is 44.9 Å². The highest BCUT2D eigenvalue weighted by molar-refractivity contribution is 7.17. The molecule has 0 amide bonds. The van der Waals surface area contributed by atoms with Crippen LogP contribution in [0, 0.1) is 18.3 Å². The van der Waals surface area contributed by atoms with Crippen molar-refractivity contribution in [2.75, 3.05) is 10.6 Å². The summed E-state index contributed by atoms with van der Waals surface area (Å²) in [6.07, 6.45) is 18.5. The number of anilines is 2. The molecule has 0 aromatic carbocycles. The minimum atomic E-state index is -0.0249. The Bertz CT molecular complexity index is 2340. The molecule has 7 aromatic heterocycles. The summed E-state index contributed by atoms with van der Waals surface area (Å²) in [6, 6.07) is 11.6. The summed E-state index contributed by atoms with van der Waals surface area (Å²) in [7, 11) is 0. The first kappa shape index (κ1) is 34.4. The molecule has 7 aromatic rings. The SMILES string of the molecule is C#CC1CC1.CC(Nc1ncnc2sccc12)c1ccc(-n2cc(C3CC3)nn2)cn1.CC(Nc1ncnc2sccc12)c1ccc(N=[N+]=[N-])cn1. The summed E-state index contributed by atoms with van der Waals surface area (Å²) in [5.74, 6) is 5.52. The van der Waals surface area contributed by atoms with Gasteiger partial charge in [0.2, 0.25) is 0 Å². The van der Waals surface area contributed by atoms with Crippen LogP contribution in [0.3, 0.4) is 0 Å². The van der Waals surface area contributed by atoms with Gasteiger partial charge >= 0.3 is 0 Å². The maximum absolute atomic E-state index is 8.38. The van der Waals surface area contributed by atoms with Gasteiger partial charge in [0.25, 0.3) is 0 Å². The van der Waals surface area contributed by atoms with Gasteiger partial charge in [0.1, 0.15) is 34.0 Å². The molecule has 2 atom stereocenters. The fourth-order valence-electron chi connectivity index (χ4n) is 5.14. The fraction of sp³-hybridized carbons (Fsp3) is 0.278. The minimum absolute atomic E-state index is 0.0249. The van der Waals surface area contributed by atoms with Crippen LogP contribution in [-0.2, 0) is 0 Å². The van der Waals surface area contributed by atoms with Gasteiger partial charge in [-0.3, -0.25) is 9.97 Å². The van der Waals surface area contributed by atoms with Crippen molar-refractivity contribution in [3.8, 4) is 18.0 Å². The molecule has 16 heteroatoms. The zero-order valence-electron chi connectivity index (χ0n) is 28.4. The van der Waals surface area contributed by atoms with Crippen LogP contribution in [-0.4, -0.2) is 44.9 Å². The Hall–Kier alpha value is -6.01. The van der Waals surface area contributed by atoms with Crippen LogP contribution in [0.1, 0.15) is 74.6 Å². The molecule has 0 aliphatic heterocycles. The molecule has 2 aliphatic carbocycles. The van der Waals surface area contributed by atoms with Gasteiger partial charge in [0.15, 0.2) is 0 Å². The topological polar surface area (TPSA) is 181 Å². The highest BCUT2D eigenvalue weighted by Gasteiger charge is 2.26. The van der Waals surface area contributed by atoms with Gasteiger partial charge in [-0.05, 0) is 92.2 Å². The number of hydrogen-bond acceptors (Lipinski definition) is 13. The molecule has 0 saturated heterocycles. The van der Waals surface area contributed by atoms with E-state index in [-0.39, 0.29) is 12.1 Å². The van der Waals surface area contributed by atoms with Crippen LogP contribution in [0.25, 0.3) is 36.6 Å². The average Bonchev–Trinajstić information content (AvgIpc) is 4.03. The number of rotatable bonds is 9. The van der Waals surface area contributed by atoms with E-state index >= 15 is 0 Å². The van der Waals surface area contributed by atoms with Gasteiger partial charge in [-0.2, -0.15) is 0 Å². The molecule has 2 fully saturated rings. The molecule has 2 unspecified atom stereocenters. The number of aromatic nitrogens is 9. The monoisotopic (exact) mass is 726 g/mol. The van der Waals surface area contributed by atoms with Crippen LogP contribution in [0.5, 0.6) is 0 Å². The van der Waals surface area contributed by atoms with Gasteiger partial charge in [0.05, 0.1) is 63.7 Å². The van der Waals surface area contributed by atoms with Crippen molar-refractivity contribution in [1.29, 1.82) is 0 Å². The van der Waals surface area contributed by atoms with E-state index < -0.39 is 0 Å². The van der Waals surface area contributed by atoms with Crippen molar-refractivity contribution in [2.45, 2.75) is 57.5 Å². The molecule has 14 nitrogen and oxygen atoms in total. The van der Waals surface area contributed by atoms with Crippen molar-refractivity contribution in [3.05, 3.63) is 106 Å². The first-order valence-electron chi connectivity index (χ1n) is 16.7. The number of nitrogens with one attached hydrogen (secondary N) is 2. The largest absolute Gasteiger partial charge is 0.361 e. The van der Waals surface area contributed by atoms with Gasteiger partial charge in [0, 0.05) is 22.9 Å². The van der Waals surface area contributed by atoms with Crippen molar-refractivity contribution < 1.29 is 0 Å². The number of azide groups is 1. The standard InChI is InChI=1S/C18H17N7S.C13H11N7S.C5H6/c1-11(22-17-14-6-7-26-18(14)21-10-20-17)15-5-4-13(8-19-15)25-9-16(23-24-25)12-2-3-12;1-8(11-3-2-9(6-15-11)19-20-14)18-12-10-4-5-21-13(10)17-7-16-12;1-2-5-3-4-5/h4-12H,2-3H2,1H3,(H,20,21,22);2-8H,1H3,(H,16,17,18);1,5H,3-4H2. The number of thiophene rings is 2. The fourth-order valence-corrected chi connectivity index (χ4v) is 6.61. The van der Waals surface area contributed by atoms with Crippen LogP contribution in [0.15, 0.2) is 83.5 Å². The normalized spacial score (nSPS) is 14.5. The number of pyridine rings is 2. The predicted molar refractivity (Wildman–Crippen MR) is 205 cm³/mol. The maximum Gasteiger partial charge on any atom is 0.138 e. The van der Waals surface area contributed by atoms with Crippen LogP contribution >= 0.6 is 22.7 Å². The van der Waals surface area contributed by atoms with Gasteiger partial charge < -0.3 is 10.6 Å². The van der Waals surface area contributed by atoms with Crippen molar-refractivity contribution in [3.63, 3.8) is 0 Å². The lowest BCUT2D eigenvalue weighted by atomic mass is 10.2. The maximum atomic E-state index is 8.38. The smallest absolute Gasteiger partial charge is 0.138 e. The first-order valence-corrected chi connectivity index (χ1v) is 18.5. The second-order valence-electron chi connectivity index (χ2n) is 12.3. The number of nitrogens with zero attached hydrogens (tertiary/aromatic N) is 12. The second kappa shape index (κ2) is 15.9. The number of terminal acetylenes is 1. The highest BCUT2D eigenvalue weighted by atomic mass is 32.1. The molecule has 0 spiro atoms. The lowest BCUT2D eigenvalue weighted by molar-refractivity contribution is 0.783. The summed E-state index contributed by atoms with van der Waals surface area (Å²) in [5, 5.41) is 24.8. The molecule has 0 radical (unpaired) electrons. The summed E-state index contributed by atoms with van der Waals surface area (Å²) < 4.78 is 1.79. The average molecular weight is 727 g/mol. The van der Waals surface area contributed by atoms with Crippen LogP contribution in [0.4, 0.5) is 17.3 Å². The molecular formula is C36H34N14S2. The molecule has 52 heavy (non-hydrogen) atoms. The van der Waals surface area contributed by atoms with E-state index in [0.717, 1.165) is 54.8 Å². The molecule has 9 rings (SSSR count). The Morgan fingerprint density at radius 3 is 1.92 bits per heavy atom. The van der Waals surface area contributed by atoms with Crippen molar-refractivity contribution in [2.24, 2.45) is 11.0 Å². The summed E-state index contributed by atoms with van der Waals surface area (Å²) in [6.45, 7) is 4.07. The van der Waals surface area contributed by atoms with E-state index in [0.29, 0.717) is 17.5 Å². The van der Waals surface area contributed by atoms with E-state index in [9.17, 15) is 0 Å². The van der Waals surface area contributed by atoms with Gasteiger partial charge in [-0.15, -0.1) is 40.1 Å². The Morgan fingerprint density at radius 1 is 0.827 bits per heavy atom. The number of hydrogen-bond donors (Lipinski definition) is 2. The predicted octanol–water partition coefficient (Wildman–Crippen LogP) is 8.95. The summed E-state index contributed by atoms with van der Waals surface area (Å²) in [5.41, 5.74) is 12.7. The zero-order chi connectivity index (χ0) is 35.9. The lowest BCUT2D eigenvalue weighted by Crippen LogP contribution is -2.10. The van der Waals surface area contributed by atoms with Gasteiger partial charge in [-0.1, -0.05) is 10.3 Å². The second-order valence-corrected chi connectivity index (χ2v) is 14.1. The third-order valence-corrected chi connectivity index (χ3v) is 10.0. The molecule has 0 bridgehead atoms. The van der Waals surface area contributed by atoms with Crippen LogP contribution < -0.4 is 10.6 Å². The van der Waals surface area contributed by atoms with E-state index in [1.165, 1.54) is 25.7 Å². The Labute approximate surface area is 307 Å². The molecule has 2 saturated carbocycles. The molecule has 260 valence electrons. The number of fused-ring (bicyclic) bond motifs is 2. The Kier molecular flexibility index (Phi) is 10.5. The molecule has 7 heterocycles. The summed E-state index contributed by atoms with van der Waals surface area (Å²) >= 11 is 3.19. The third-order valence-electron chi connectivity index (χ3n) is 8.40. The van der Waals surface area contributed by atoms with E-state index in [2.05, 4.69) is 73.7 Å². The van der Waals surface area contributed by atoms with E-state index in [1.807, 2.05) is 60.4 Å². The minimum Gasteiger partial charge on any atom is -0.361 e. The van der Waals surface area contributed by atoms with Crippen molar-refractivity contribution >= 4 is 60.4 Å². The zero-order valence-corrected chi connectivity index (χ0v) is 30.0. The lowest BCUT2D eigenvalue weighted by Gasteiger charge is -2.14. The summed E-state index contributed by atoms with van der Waals surface area (Å²) in [4.78, 5) is 30.7. The van der Waals surface area contributed by atoms with Crippen LogP contribution in [0.2, 0.25) is 0 Å².